The number of aromatic nitrogens is 1. The molecule has 0 amide bonds. The van der Waals surface area contributed by atoms with Gasteiger partial charge >= 0.3 is 0 Å². The standard InChI is InChI=1S/C18H16N4O2S/c19-12-16(20)18(22-25(23,24)17-10-3-4-11-21-17)15-9-5-7-13-6-1-2-8-14(13)15/h1-11,16,18,22H,20H2/t16-,18-/m0/s1. The molecule has 2 aromatic carbocycles. The fourth-order valence-corrected chi connectivity index (χ4v) is 3.85. The van der Waals surface area contributed by atoms with E-state index in [4.69, 9.17) is 5.73 Å². The number of hydrogen-bond donors (Lipinski definition) is 2. The first kappa shape index (κ1) is 17.0. The van der Waals surface area contributed by atoms with Gasteiger partial charge in [-0.15, -0.1) is 0 Å². The number of rotatable bonds is 5. The van der Waals surface area contributed by atoms with Crippen molar-refractivity contribution in [2.45, 2.75) is 17.1 Å². The second-order valence-electron chi connectivity index (χ2n) is 5.49. The number of nitrogens with two attached hydrogens (primary N) is 1. The van der Waals surface area contributed by atoms with E-state index in [0.717, 1.165) is 10.8 Å². The van der Waals surface area contributed by atoms with Crippen LogP contribution < -0.4 is 10.5 Å². The Morgan fingerprint density at radius 2 is 1.76 bits per heavy atom. The fraction of sp³-hybridized carbons (Fsp3) is 0.111. The lowest BCUT2D eigenvalue weighted by molar-refractivity contribution is 0.535. The molecule has 0 aliphatic heterocycles. The molecule has 2 atom stereocenters. The van der Waals surface area contributed by atoms with Gasteiger partial charge in [0.1, 0.15) is 6.04 Å². The Morgan fingerprint density at radius 1 is 1.04 bits per heavy atom. The van der Waals surface area contributed by atoms with Crippen LogP contribution in [0.15, 0.2) is 71.9 Å². The molecule has 0 saturated carbocycles. The van der Waals surface area contributed by atoms with Gasteiger partial charge in [0.2, 0.25) is 0 Å². The number of hydrogen-bond acceptors (Lipinski definition) is 5. The lowest BCUT2D eigenvalue weighted by Gasteiger charge is -2.22. The molecular formula is C18H16N4O2S. The summed E-state index contributed by atoms with van der Waals surface area (Å²) in [6, 6.07) is 17.6. The molecule has 25 heavy (non-hydrogen) atoms. The zero-order valence-corrected chi connectivity index (χ0v) is 14.0. The molecule has 3 aromatic rings. The Labute approximate surface area is 146 Å². The predicted molar refractivity (Wildman–Crippen MR) is 94.8 cm³/mol. The van der Waals surface area contributed by atoms with Crippen molar-refractivity contribution in [1.82, 2.24) is 9.71 Å². The normalized spacial score (nSPS) is 13.9. The Morgan fingerprint density at radius 3 is 2.48 bits per heavy atom. The topological polar surface area (TPSA) is 109 Å². The molecule has 0 spiro atoms. The summed E-state index contributed by atoms with van der Waals surface area (Å²) in [5.41, 5.74) is 6.56. The second kappa shape index (κ2) is 6.99. The van der Waals surface area contributed by atoms with Gasteiger partial charge in [0.15, 0.2) is 5.03 Å². The molecule has 3 rings (SSSR count). The highest BCUT2D eigenvalue weighted by Crippen LogP contribution is 2.27. The smallest absolute Gasteiger partial charge is 0.258 e. The van der Waals surface area contributed by atoms with E-state index in [9.17, 15) is 13.7 Å². The fourth-order valence-electron chi connectivity index (χ4n) is 2.66. The van der Waals surface area contributed by atoms with Crippen molar-refractivity contribution in [2.75, 3.05) is 0 Å². The lowest BCUT2D eigenvalue weighted by Crippen LogP contribution is -2.40. The van der Waals surface area contributed by atoms with Gasteiger partial charge in [0, 0.05) is 6.20 Å². The van der Waals surface area contributed by atoms with Crippen LogP contribution in [0, 0.1) is 11.3 Å². The highest BCUT2D eigenvalue weighted by molar-refractivity contribution is 7.89. The van der Waals surface area contributed by atoms with E-state index in [-0.39, 0.29) is 5.03 Å². The molecule has 3 N–H and O–H groups in total. The summed E-state index contributed by atoms with van der Waals surface area (Å²) in [4.78, 5) is 3.87. The SMILES string of the molecule is N#C[C@H](N)[C@@H](NS(=O)(=O)c1ccccn1)c1cccc2ccccc12. The molecular weight excluding hydrogens is 336 g/mol. The van der Waals surface area contributed by atoms with Crippen molar-refractivity contribution < 1.29 is 8.42 Å². The highest BCUT2D eigenvalue weighted by atomic mass is 32.2. The van der Waals surface area contributed by atoms with Crippen LogP contribution in [0.5, 0.6) is 0 Å². The van der Waals surface area contributed by atoms with E-state index in [1.54, 1.807) is 18.2 Å². The molecule has 1 heterocycles. The van der Waals surface area contributed by atoms with Gasteiger partial charge in [-0.3, -0.25) is 0 Å². The van der Waals surface area contributed by atoms with Crippen molar-refractivity contribution >= 4 is 20.8 Å². The van der Waals surface area contributed by atoms with Crippen molar-refractivity contribution in [3.8, 4) is 6.07 Å². The summed E-state index contributed by atoms with van der Waals surface area (Å²) in [5, 5.41) is 10.9. The zero-order valence-electron chi connectivity index (χ0n) is 13.2. The van der Waals surface area contributed by atoms with E-state index < -0.39 is 22.1 Å². The van der Waals surface area contributed by atoms with Crippen LogP contribution in [-0.2, 0) is 10.0 Å². The monoisotopic (exact) mass is 352 g/mol. The van der Waals surface area contributed by atoms with Crippen LogP contribution >= 0.6 is 0 Å². The predicted octanol–water partition coefficient (Wildman–Crippen LogP) is 2.11. The quantitative estimate of drug-likeness (QED) is 0.731. The molecule has 7 heteroatoms. The largest absolute Gasteiger partial charge is 0.314 e. The van der Waals surface area contributed by atoms with Gasteiger partial charge < -0.3 is 5.73 Å². The maximum Gasteiger partial charge on any atom is 0.258 e. The van der Waals surface area contributed by atoms with Crippen LogP contribution in [0.25, 0.3) is 10.8 Å². The summed E-state index contributed by atoms with van der Waals surface area (Å²) in [7, 11) is -3.92. The maximum absolute atomic E-state index is 12.6. The van der Waals surface area contributed by atoms with E-state index in [1.165, 1.54) is 12.3 Å². The van der Waals surface area contributed by atoms with Gasteiger partial charge in [-0.2, -0.15) is 9.98 Å². The maximum atomic E-state index is 12.6. The van der Waals surface area contributed by atoms with Crippen molar-refractivity contribution in [3.05, 3.63) is 72.4 Å². The van der Waals surface area contributed by atoms with Crippen LogP contribution in [-0.4, -0.2) is 19.4 Å². The Bertz CT molecular complexity index is 1020. The van der Waals surface area contributed by atoms with Crippen molar-refractivity contribution in [3.63, 3.8) is 0 Å². The number of pyridine rings is 1. The van der Waals surface area contributed by atoms with E-state index in [1.807, 2.05) is 42.5 Å². The van der Waals surface area contributed by atoms with E-state index in [2.05, 4.69) is 9.71 Å². The Kier molecular flexibility index (Phi) is 4.76. The third-order valence-corrected chi connectivity index (χ3v) is 5.22. The molecule has 0 saturated heterocycles. The number of benzene rings is 2. The molecule has 0 unspecified atom stereocenters. The average Bonchev–Trinajstić information content (AvgIpc) is 2.66. The van der Waals surface area contributed by atoms with E-state index in [0.29, 0.717) is 5.56 Å². The summed E-state index contributed by atoms with van der Waals surface area (Å²) in [6.07, 6.45) is 1.39. The molecule has 126 valence electrons. The second-order valence-corrected chi connectivity index (χ2v) is 7.15. The minimum absolute atomic E-state index is 0.120. The van der Waals surface area contributed by atoms with Crippen LogP contribution in [0.3, 0.4) is 0 Å². The average molecular weight is 352 g/mol. The molecule has 0 aliphatic carbocycles. The zero-order chi connectivity index (χ0) is 17.9. The Hall–Kier alpha value is -2.79. The van der Waals surface area contributed by atoms with Crippen molar-refractivity contribution in [1.29, 1.82) is 5.26 Å². The first-order chi connectivity index (χ1) is 12.0. The van der Waals surface area contributed by atoms with Gasteiger partial charge in [-0.05, 0) is 28.5 Å². The van der Waals surface area contributed by atoms with Gasteiger partial charge in [0.25, 0.3) is 10.0 Å². The highest BCUT2D eigenvalue weighted by Gasteiger charge is 2.28. The van der Waals surface area contributed by atoms with Crippen LogP contribution in [0.1, 0.15) is 11.6 Å². The third kappa shape index (κ3) is 3.51. The van der Waals surface area contributed by atoms with Crippen LogP contribution in [0.4, 0.5) is 0 Å². The Balaban J connectivity index is 2.09. The van der Waals surface area contributed by atoms with E-state index >= 15 is 0 Å². The molecule has 0 radical (unpaired) electrons. The van der Waals surface area contributed by atoms with Crippen molar-refractivity contribution in [2.24, 2.45) is 5.73 Å². The minimum atomic E-state index is -3.92. The summed E-state index contributed by atoms with van der Waals surface area (Å²) in [5.74, 6) is 0. The summed E-state index contributed by atoms with van der Waals surface area (Å²) < 4.78 is 27.8. The van der Waals surface area contributed by atoms with Gasteiger partial charge in [0.05, 0.1) is 12.1 Å². The first-order valence-electron chi connectivity index (χ1n) is 7.59. The summed E-state index contributed by atoms with van der Waals surface area (Å²) in [6.45, 7) is 0. The third-order valence-electron chi connectivity index (χ3n) is 3.86. The number of nitrogens with one attached hydrogen (secondary N) is 1. The number of nitriles is 1. The number of nitrogens with zero attached hydrogens (tertiary/aromatic N) is 2. The molecule has 6 nitrogen and oxygen atoms in total. The molecule has 0 aliphatic rings. The first-order valence-corrected chi connectivity index (χ1v) is 9.07. The van der Waals surface area contributed by atoms with Gasteiger partial charge in [-0.25, -0.2) is 13.4 Å². The minimum Gasteiger partial charge on any atom is -0.314 e. The van der Waals surface area contributed by atoms with Gasteiger partial charge in [-0.1, -0.05) is 48.5 Å². The number of sulfonamides is 1. The molecule has 0 fully saturated rings. The number of fused-ring (bicyclic) bond motifs is 1. The van der Waals surface area contributed by atoms with Crippen LogP contribution in [0.2, 0.25) is 0 Å². The summed E-state index contributed by atoms with van der Waals surface area (Å²) >= 11 is 0. The molecule has 1 aromatic heterocycles. The lowest BCUT2D eigenvalue weighted by atomic mass is 9.95. The molecule has 0 bridgehead atoms.